The molecule has 0 fully saturated rings. The molecule has 82 valence electrons. The highest BCUT2D eigenvalue weighted by Gasteiger charge is 1.98. The lowest BCUT2D eigenvalue weighted by molar-refractivity contribution is -0.605. The lowest BCUT2D eigenvalue weighted by Gasteiger charge is -2.05. The van der Waals surface area contributed by atoms with Crippen molar-refractivity contribution in [1.82, 2.24) is 0 Å². The number of aromatic nitrogens is 1. The summed E-state index contributed by atoms with van der Waals surface area (Å²) in [4.78, 5) is 0. The molecular weight excluding hydrogens is 204 g/mol. The molecule has 4 nitrogen and oxygen atoms in total. The first-order valence-electron chi connectivity index (χ1n) is 4.93. The van der Waals surface area contributed by atoms with Gasteiger partial charge in [0.25, 0.3) is 0 Å². The van der Waals surface area contributed by atoms with Crippen LogP contribution >= 0.6 is 0 Å². The van der Waals surface area contributed by atoms with Gasteiger partial charge >= 0.3 is 0 Å². The van der Waals surface area contributed by atoms with Gasteiger partial charge < -0.3 is 15.7 Å². The smallest absolute Gasteiger partial charge is 0.184 e. The highest BCUT2D eigenvalue weighted by molar-refractivity contribution is 5.31. The zero-order chi connectivity index (χ0) is 11.4. The molecule has 0 radical (unpaired) electrons. The molecule has 2 aromatic rings. The first-order chi connectivity index (χ1) is 7.78. The average molecular weight is 216 g/mol. The molecule has 1 aromatic heterocycles. The minimum atomic E-state index is 0.516. The fraction of sp³-hybridized carbons (Fsp3) is 0.0833. The van der Waals surface area contributed by atoms with Gasteiger partial charge in [-0.15, -0.1) is 0 Å². The fourth-order valence-electron chi connectivity index (χ4n) is 1.30. The van der Waals surface area contributed by atoms with E-state index in [0.29, 0.717) is 17.0 Å². The summed E-state index contributed by atoms with van der Waals surface area (Å²) in [7, 11) is 0. The van der Waals surface area contributed by atoms with Gasteiger partial charge in [-0.05, 0) is 17.7 Å². The minimum Gasteiger partial charge on any atom is -0.619 e. The number of hydrogen-bond acceptors (Lipinski definition) is 3. The van der Waals surface area contributed by atoms with Crippen molar-refractivity contribution < 1.29 is 9.47 Å². The summed E-state index contributed by atoms with van der Waals surface area (Å²) >= 11 is 0. The third-order valence-corrected chi connectivity index (χ3v) is 2.17. The molecule has 2 N–H and O–H groups in total. The molecule has 0 bridgehead atoms. The van der Waals surface area contributed by atoms with E-state index in [0.717, 1.165) is 11.3 Å². The fourth-order valence-corrected chi connectivity index (χ4v) is 1.30. The normalized spacial score (nSPS) is 10.1. The van der Waals surface area contributed by atoms with Crippen LogP contribution in [0.5, 0.6) is 11.5 Å². The standard InChI is InChI=1S/C12H12N2O2/c13-9-10-1-3-11(4-2-10)16-12-5-7-14(15)8-6-12/h1-8H,9,13H2. The summed E-state index contributed by atoms with van der Waals surface area (Å²) < 4.78 is 6.25. The Kier molecular flexibility index (Phi) is 3.03. The van der Waals surface area contributed by atoms with Crippen molar-refractivity contribution in [3.05, 3.63) is 59.6 Å². The number of rotatable bonds is 3. The second kappa shape index (κ2) is 4.63. The first kappa shape index (κ1) is 10.4. The van der Waals surface area contributed by atoms with Crippen molar-refractivity contribution in [3.8, 4) is 11.5 Å². The second-order valence-corrected chi connectivity index (χ2v) is 3.34. The summed E-state index contributed by atoms with van der Waals surface area (Å²) in [5.41, 5.74) is 6.54. The molecule has 2 rings (SSSR count). The highest BCUT2D eigenvalue weighted by atomic mass is 16.5. The van der Waals surface area contributed by atoms with Crippen LogP contribution in [0.25, 0.3) is 0 Å². The Hall–Kier alpha value is -2.07. The van der Waals surface area contributed by atoms with Gasteiger partial charge in [-0.2, -0.15) is 4.73 Å². The Morgan fingerprint density at radius 1 is 1.00 bits per heavy atom. The number of nitrogens with zero attached hydrogens (tertiary/aromatic N) is 1. The minimum absolute atomic E-state index is 0.516. The molecule has 0 aliphatic rings. The van der Waals surface area contributed by atoms with Gasteiger partial charge in [0, 0.05) is 18.7 Å². The lowest BCUT2D eigenvalue weighted by atomic mass is 10.2. The third kappa shape index (κ3) is 2.49. The number of nitrogens with two attached hydrogens (primary N) is 1. The van der Waals surface area contributed by atoms with Crippen molar-refractivity contribution in [1.29, 1.82) is 0 Å². The van der Waals surface area contributed by atoms with Gasteiger partial charge in [0.15, 0.2) is 12.4 Å². The molecular formula is C12H12N2O2. The van der Waals surface area contributed by atoms with Crippen molar-refractivity contribution >= 4 is 0 Å². The van der Waals surface area contributed by atoms with E-state index in [1.807, 2.05) is 24.3 Å². The zero-order valence-corrected chi connectivity index (χ0v) is 8.67. The van der Waals surface area contributed by atoms with Crippen molar-refractivity contribution in [2.75, 3.05) is 0 Å². The predicted octanol–water partition coefficient (Wildman–Crippen LogP) is 1.57. The van der Waals surface area contributed by atoms with Crippen LogP contribution in [0.3, 0.4) is 0 Å². The Bertz CT molecular complexity index is 451. The van der Waals surface area contributed by atoms with Crippen LogP contribution in [-0.2, 0) is 6.54 Å². The molecule has 16 heavy (non-hydrogen) atoms. The topological polar surface area (TPSA) is 62.2 Å². The monoisotopic (exact) mass is 216 g/mol. The van der Waals surface area contributed by atoms with Gasteiger partial charge in [0.1, 0.15) is 11.5 Å². The molecule has 1 aromatic carbocycles. The van der Waals surface area contributed by atoms with Crippen LogP contribution in [-0.4, -0.2) is 0 Å². The van der Waals surface area contributed by atoms with Crippen LogP contribution in [0.1, 0.15) is 5.56 Å². The van der Waals surface area contributed by atoms with Gasteiger partial charge in [0.2, 0.25) is 0 Å². The first-order valence-corrected chi connectivity index (χ1v) is 4.93. The molecule has 0 unspecified atom stereocenters. The van der Waals surface area contributed by atoms with E-state index in [2.05, 4.69) is 0 Å². The molecule has 0 aliphatic heterocycles. The Morgan fingerprint density at radius 2 is 1.56 bits per heavy atom. The van der Waals surface area contributed by atoms with Gasteiger partial charge in [-0.25, -0.2) is 0 Å². The van der Waals surface area contributed by atoms with Gasteiger partial charge in [0.05, 0.1) is 0 Å². The van der Waals surface area contributed by atoms with E-state index in [1.165, 1.54) is 12.4 Å². The molecule has 0 atom stereocenters. The lowest BCUT2D eigenvalue weighted by Crippen LogP contribution is -2.23. The highest BCUT2D eigenvalue weighted by Crippen LogP contribution is 2.20. The molecule has 0 amide bonds. The summed E-state index contributed by atoms with van der Waals surface area (Å²) in [5, 5.41) is 10.8. The SMILES string of the molecule is NCc1ccc(Oc2cc[n+]([O-])cc2)cc1. The number of pyridine rings is 1. The van der Waals surface area contributed by atoms with Gasteiger partial charge in [-0.1, -0.05) is 12.1 Å². The van der Waals surface area contributed by atoms with Crippen LogP contribution in [0.15, 0.2) is 48.8 Å². The Labute approximate surface area is 93.5 Å². The zero-order valence-electron chi connectivity index (χ0n) is 8.67. The van der Waals surface area contributed by atoms with Crippen LogP contribution in [0, 0.1) is 5.21 Å². The number of benzene rings is 1. The average Bonchev–Trinajstić information content (AvgIpc) is 2.33. The Balaban J connectivity index is 2.11. The van der Waals surface area contributed by atoms with Gasteiger partial charge in [-0.3, -0.25) is 0 Å². The van der Waals surface area contributed by atoms with E-state index in [9.17, 15) is 5.21 Å². The van der Waals surface area contributed by atoms with Crippen molar-refractivity contribution in [2.45, 2.75) is 6.54 Å². The summed E-state index contributed by atoms with van der Waals surface area (Å²) in [5.74, 6) is 1.36. The van der Waals surface area contributed by atoms with Crippen LogP contribution < -0.4 is 15.2 Å². The summed E-state index contributed by atoms with van der Waals surface area (Å²) in [6, 6.07) is 10.7. The summed E-state index contributed by atoms with van der Waals surface area (Å²) in [6.07, 6.45) is 2.78. The maximum absolute atomic E-state index is 10.8. The number of ether oxygens (including phenoxy) is 1. The molecule has 0 spiro atoms. The molecule has 0 saturated carbocycles. The van der Waals surface area contributed by atoms with Crippen LogP contribution in [0.2, 0.25) is 0 Å². The van der Waals surface area contributed by atoms with E-state index in [1.54, 1.807) is 12.1 Å². The third-order valence-electron chi connectivity index (χ3n) is 2.17. The maximum Gasteiger partial charge on any atom is 0.184 e. The molecule has 0 aliphatic carbocycles. The quantitative estimate of drug-likeness (QED) is 0.625. The van der Waals surface area contributed by atoms with Crippen LogP contribution in [0.4, 0.5) is 0 Å². The van der Waals surface area contributed by atoms with E-state index in [-0.39, 0.29) is 0 Å². The molecule has 0 saturated heterocycles. The second-order valence-electron chi connectivity index (χ2n) is 3.34. The molecule has 1 heterocycles. The maximum atomic E-state index is 10.8. The van der Waals surface area contributed by atoms with Crippen molar-refractivity contribution in [3.63, 3.8) is 0 Å². The largest absolute Gasteiger partial charge is 0.619 e. The van der Waals surface area contributed by atoms with Crippen molar-refractivity contribution in [2.24, 2.45) is 5.73 Å². The van der Waals surface area contributed by atoms with E-state index < -0.39 is 0 Å². The predicted molar refractivity (Wildman–Crippen MR) is 59.8 cm³/mol. The number of hydrogen-bond donors (Lipinski definition) is 1. The Morgan fingerprint density at radius 3 is 2.12 bits per heavy atom. The van der Waals surface area contributed by atoms with E-state index in [4.69, 9.17) is 10.5 Å². The summed E-state index contributed by atoms with van der Waals surface area (Å²) in [6.45, 7) is 0.516. The van der Waals surface area contributed by atoms with E-state index >= 15 is 0 Å². The molecule has 4 heteroatoms.